The molecule has 0 saturated carbocycles. The maximum absolute atomic E-state index is 4.33. The largest absolute Gasteiger partial charge is 0.309 e. The van der Waals surface area contributed by atoms with E-state index in [0.717, 1.165) is 25.1 Å². The van der Waals surface area contributed by atoms with Crippen molar-refractivity contribution in [2.45, 2.75) is 25.8 Å². The molecule has 0 aliphatic rings. The Balaban J connectivity index is 1.81. The lowest BCUT2D eigenvalue weighted by Crippen LogP contribution is -2.22. The van der Waals surface area contributed by atoms with Crippen LogP contribution in [0.25, 0.3) is 0 Å². The molecule has 0 saturated heterocycles. The molecule has 2 rings (SSSR count). The first-order valence-corrected chi connectivity index (χ1v) is 6.95. The van der Waals surface area contributed by atoms with Crippen molar-refractivity contribution in [2.24, 2.45) is 0 Å². The maximum atomic E-state index is 4.33. The molecule has 17 heavy (non-hydrogen) atoms. The zero-order valence-electron chi connectivity index (χ0n) is 10.1. The number of rotatable bonds is 6. The number of hydrogen-bond acceptors (Lipinski definition) is 3. The molecule has 0 bridgehead atoms. The summed E-state index contributed by atoms with van der Waals surface area (Å²) in [7, 11) is 0. The summed E-state index contributed by atoms with van der Waals surface area (Å²) in [5, 5.41) is 5.73. The SMILES string of the molecule is CCC(NCCc1ccccn1)c1cccs1. The Kier molecular flexibility index (Phi) is 4.71. The molecule has 3 heteroatoms. The number of nitrogens with zero attached hydrogens (tertiary/aromatic N) is 1. The lowest BCUT2D eigenvalue weighted by molar-refractivity contribution is 0.528. The number of thiophene rings is 1. The standard InChI is InChI=1S/C14H18N2S/c1-2-13(14-7-5-11-17-14)16-10-8-12-6-3-4-9-15-12/h3-7,9,11,13,16H,2,8,10H2,1H3. The lowest BCUT2D eigenvalue weighted by atomic mass is 10.2. The minimum Gasteiger partial charge on any atom is -0.309 e. The van der Waals surface area contributed by atoms with E-state index in [1.807, 2.05) is 29.7 Å². The Morgan fingerprint density at radius 3 is 2.88 bits per heavy atom. The fourth-order valence-corrected chi connectivity index (χ4v) is 2.74. The van der Waals surface area contributed by atoms with Crippen LogP contribution in [0.3, 0.4) is 0 Å². The number of hydrogen-bond donors (Lipinski definition) is 1. The van der Waals surface area contributed by atoms with Crippen molar-refractivity contribution in [2.75, 3.05) is 6.54 Å². The molecule has 0 amide bonds. The van der Waals surface area contributed by atoms with Gasteiger partial charge in [0.1, 0.15) is 0 Å². The van der Waals surface area contributed by atoms with Crippen molar-refractivity contribution < 1.29 is 0 Å². The van der Waals surface area contributed by atoms with Crippen LogP contribution in [0, 0.1) is 0 Å². The smallest absolute Gasteiger partial charge is 0.0416 e. The summed E-state index contributed by atoms with van der Waals surface area (Å²) in [5.41, 5.74) is 1.15. The van der Waals surface area contributed by atoms with Crippen LogP contribution in [0.2, 0.25) is 0 Å². The van der Waals surface area contributed by atoms with E-state index in [4.69, 9.17) is 0 Å². The second-order valence-corrected chi connectivity index (χ2v) is 4.98. The third-order valence-corrected chi connectivity index (χ3v) is 3.78. The Labute approximate surface area is 107 Å². The summed E-state index contributed by atoms with van der Waals surface area (Å²) in [4.78, 5) is 5.75. The molecule has 2 nitrogen and oxygen atoms in total. The first-order chi connectivity index (χ1) is 8.40. The van der Waals surface area contributed by atoms with Crippen molar-refractivity contribution in [3.63, 3.8) is 0 Å². The summed E-state index contributed by atoms with van der Waals surface area (Å²) < 4.78 is 0. The summed E-state index contributed by atoms with van der Waals surface area (Å²) in [6, 6.07) is 10.9. The summed E-state index contributed by atoms with van der Waals surface area (Å²) in [6.45, 7) is 3.20. The fraction of sp³-hybridized carbons (Fsp3) is 0.357. The Bertz CT molecular complexity index is 411. The molecule has 2 aromatic rings. The minimum atomic E-state index is 0.485. The van der Waals surface area contributed by atoms with Gasteiger partial charge in [0, 0.05) is 35.8 Å². The van der Waals surface area contributed by atoms with Crippen LogP contribution in [-0.4, -0.2) is 11.5 Å². The molecule has 90 valence electrons. The van der Waals surface area contributed by atoms with Crippen LogP contribution in [0.4, 0.5) is 0 Å². The van der Waals surface area contributed by atoms with Crippen molar-refractivity contribution in [1.29, 1.82) is 0 Å². The van der Waals surface area contributed by atoms with Crippen LogP contribution in [-0.2, 0) is 6.42 Å². The third-order valence-electron chi connectivity index (χ3n) is 2.79. The normalized spacial score (nSPS) is 12.5. The molecule has 0 spiro atoms. The van der Waals surface area contributed by atoms with E-state index in [9.17, 15) is 0 Å². The molecular formula is C14H18N2S. The van der Waals surface area contributed by atoms with Crippen molar-refractivity contribution in [3.8, 4) is 0 Å². The van der Waals surface area contributed by atoms with Gasteiger partial charge in [-0.15, -0.1) is 11.3 Å². The average Bonchev–Trinajstić information content (AvgIpc) is 2.90. The summed E-state index contributed by atoms with van der Waals surface area (Å²) in [6.07, 6.45) is 3.97. The molecule has 1 N–H and O–H groups in total. The molecule has 0 radical (unpaired) electrons. The van der Waals surface area contributed by atoms with Crippen LogP contribution >= 0.6 is 11.3 Å². The van der Waals surface area contributed by atoms with Gasteiger partial charge < -0.3 is 5.32 Å². The maximum Gasteiger partial charge on any atom is 0.0416 e. The highest BCUT2D eigenvalue weighted by Crippen LogP contribution is 2.21. The second kappa shape index (κ2) is 6.52. The van der Waals surface area contributed by atoms with Crippen molar-refractivity contribution in [3.05, 3.63) is 52.5 Å². The van der Waals surface area contributed by atoms with E-state index < -0.39 is 0 Å². The quantitative estimate of drug-likeness (QED) is 0.844. The van der Waals surface area contributed by atoms with Crippen molar-refractivity contribution >= 4 is 11.3 Å². The lowest BCUT2D eigenvalue weighted by Gasteiger charge is -2.15. The predicted octanol–water partition coefficient (Wildman–Crippen LogP) is 3.43. The van der Waals surface area contributed by atoms with Gasteiger partial charge >= 0.3 is 0 Å². The molecule has 0 fully saturated rings. The van der Waals surface area contributed by atoms with E-state index in [-0.39, 0.29) is 0 Å². The highest BCUT2D eigenvalue weighted by molar-refractivity contribution is 7.10. The highest BCUT2D eigenvalue weighted by atomic mass is 32.1. The topological polar surface area (TPSA) is 24.9 Å². The van der Waals surface area contributed by atoms with Gasteiger partial charge in [0.15, 0.2) is 0 Å². The van der Waals surface area contributed by atoms with Gasteiger partial charge in [0.05, 0.1) is 0 Å². The molecule has 0 aliphatic heterocycles. The summed E-state index contributed by atoms with van der Waals surface area (Å²) >= 11 is 1.82. The molecule has 0 aliphatic carbocycles. The zero-order chi connectivity index (χ0) is 11.9. The molecule has 0 aromatic carbocycles. The van der Waals surface area contributed by atoms with Crippen LogP contribution in [0.1, 0.15) is 30.0 Å². The first-order valence-electron chi connectivity index (χ1n) is 6.07. The van der Waals surface area contributed by atoms with E-state index in [0.29, 0.717) is 6.04 Å². The molecular weight excluding hydrogens is 228 g/mol. The van der Waals surface area contributed by atoms with Gasteiger partial charge in [0.2, 0.25) is 0 Å². The van der Waals surface area contributed by atoms with Crippen molar-refractivity contribution in [1.82, 2.24) is 10.3 Å². The average molecular weight is 246 g/mol. The van der Waals surface area contributed by atoms with Crippen LogP contribution in [0.5, 0.6) is 0 Å². The van der Waals surface area contributed by atoms with E-state index in [1.54, 1.807) is 0 Å². The monoisotopic (exact) mass is 246 g/mol. The number of nitrogens with one attached hydrogen (secondary N) is 1. The molecule has 1 unspecified atom stereocenters. The van der Waals surface area contributed by atoms with Crippen LogP contribution < -0.4 is 5.32 Å². The van der Waals surface area contributed by atoms with Gasteiger partial charge in [-0.05, 0) is 30.0 Å². The zero-order valence-corrected chi connectivity index (χ0v) is 10.9. The van der Waals surface area contributed by atoms with Gasteiger partial charge in [-0.2, -0.15) is 0 Å². The van der Waals surface area contributed by atoms with Gasteiger partial charge in [0.25, 0.3) is 0 Å². The van der Waals surface area contributed by atoms with Crippen LogP contribution in [0.15, 0.2) is 41.9 Å². The van der Waals surface area contributed by atoms with E-state index in [1.165, 1.54) is 4.88 Å². The molecule has 2 heterocycles. The molecule has 1 atom stereocenters. The molecule has 2 aromatic heterocycles. The summed E-state index contributed by atoms with van der Waals surface area (Å²) in [5.74, 6) is 0. The highest BCUT2D eigenvalue weighted by Gasteiger charge is 2.08. The van der Waals surface area contributed by atoms with E-state index in [2.05, 4.69) is 40.8 Å². The van der Waals surface area contributed by atoms with E-state index >= 15 is 0 Å². The number of aromatic nitrogens is 1. The fourth-order valence-electron chi connectivity index (χ4n) is 1.86. The predicted molar refractivity (Wildman–Crippen MR) is 73.3 cm³/mol. The minimum absolute atomic E-state index is 0.485. The van der Waals surface area contributed by atoms with Gasteiger partial charge in [-0.1, -0.05) is 19.1 Å². The van der Waals surface area contributed by atoms with Gasteiger partial charge in [-0.3, -0.25) is 4.98 Å². The first kappa shape index (κ1) is 12.3. The Hall–Kier alpha value is -1.19. The number of pyridine rings is 1. The Morgan fingerprint density at radius 1 is 1.29 bits per heavy atom. The third kappa shape index (κ3) is 3.65. The Morgan fingerprint density at radius 2 is 2.24 bits per heavy atom. The second-order valence-electron chi connectivity index (χ2n) is 4.00. The van der Waals surface area contributed by atoms with Gasteiger partial charge in [-0.25, -0.2) is 0 Å².